The minimum atomic E-state index is -0.853. The molecule has 4 rings (SSSR count). The van der Waals surface area contributed by atoms with Crippen LogP contribution in [0.15, 0.2) is 5.18 Å². The maximum absolute atomic E-state index is 12.2. The molecule has 0 radical (unpaired) electrons. The molecule has 3 heteroatoms. The van der Waals surface area contributed by atoms with Crippen molar-refractivity contribution >= 4 is 11.6 Å². The van der Waals surface area contributed by atoms with Gasteiger partial charge >= 0.3 is 0 Å². The molecule has 2 nitrogen and oxygen atoms in total. The standard InChI is InChI=1S/C27H46ClNO/c1-18(2)9-8-10-19(3)21-12-13-22-24-23(14-16-26(21,22)5)25(4)15-7-6-11-20(25)17-27(24,28)29-30/h18-24H,6-17H2,1-5H3/t19-,20-,21?,22?,23?,24?,25?,26?,27+/m1/s1. The molecule has 6 unspecified atom stereocenters. The molecule has 30 heavy (non-hydrogen) atoms. The van der Waals surface area contributed by atoms with Crippen LogP contribution in [-0.2, 0) is 0 Å². The van der Waals surface area contributed by atoms with Crippen molar-refractivity contribution in [2.45, 2.75) is 117 Å². The van der Waals surface area contributed by atoms with Gasteiger partial charge in [0.1, 0.15) is 0 Å². The Balaban J connectivity index is 1.59. The Bertz CT molecular complexity index is 636. The van der Waals surface area contributed by atoms with Crippen LogP contribution in [0, 0.1) is 57.2 Å². The van der Waals surface area contributed by atoms with E-state index in [2.05, 4.69) is 39.8 Å². The zero-order chi connectivity index (χ0) is 21.7. The van der Waals surface area contributed by atoms with E-state index < -0.39 is 5.00 Å². The second-order valence-electron chi connectivity index (χ2n) is 12.8. The average molecular weight is 436 g/mol. The summed E-state index contributed by atoms with van der Waals surface area (Å²) >= 11 is 7.21. The first-order chi connectivity index (χ1) is 14.2. The van der Waals surface area contributed by atoms with Crippen molar-refractivity contribution < 1.29 is 0 Å². The summed E-state index contributed by atoms with van der Waals surface area (Å²) < 4.78 is 0. The van der Waals surface area contributed by atoms with Crippen LogP contribution in [0.25, 0.3) is 0 Å². The fourth-order valence-corrected chi connectivity index (χ4v) is 9.84. The third-order valence-corrected chi connectivity index (χ3v) is 11.4. The molecule has 4 aliphatic rings. The molecule has 0 aromatic rings. The van der Waals surface area contributed by atoms with E-state index in [4.69, 9.17) is 11.6 Å². The second kappa shape index (κ2) is 8.35. The molecular formula is C27H46ClNO. The van der Waals surface area contributed by atoms with E-state index in [9.17, 15) is 4.91 Å². The summed E-state index contributed by atoms with van der Waals surface area (Å²) in [6, 6.07) is 0. The highest BCUT2D eigenvalue weighted by molar-refractivity contribution is 6.24. The summed E-state index contributed by atoms with van der Waals surface area (Å²) in [5.41, 5.74) is 0.732. The van der Waals surface area contributed by atoms with Gasteiger partial charge in [0.05, 0.1) is 0 Å². The summed E-state index contributed by atoms with van der Waals surface area (Å²) in [5.74, 6) is 4.46. The molecule has 0 saturated heterocycles. The number of rotatable bonds is 6. The highest BCUT2D eigenvalue weighted by Gasteiger charge is 2.67. The normalized spacial score (nSPS) is 49.2. The van der Waals surface area contributed by atoms with Gasteiger partial charge in [-0.25, -0.2) is 0 Å². The molecule has 172 valence electrons. The molecule has 4 aliphatic carbocycles. The highest BCUT2D eigenvalue weighted by Crippen LogP contribution is 2.71. The van der Waals surface area contributed by atoms with Gasteiger partial charge in [-0.2, -0.15) is 0 Å². The maximum Gasteiger partial charge on any atom is 0.179 e. The lowest BCUT2D eigenvalue weighted by Crippen LogP contribution is -2.60. The molecule has 0 heterocycles. The molecule has 9 atom stereocenters. The highest BCUT2D eigenvalue weighted by atomic mass is 35.5. The molecule has 0 aliphatic heterocycles. The largest absolute Gasteiger partial charge is 0.179 e. The van der Waals surface area contributed by atoms with Crippen molar-refractivity contribution in [1.82, 2.24) is 0 Å². The van der Waals surface area contributed by atoms with Crippen LogP contribution in [0.1, 0.15) is 112 Å². The Morgan fingerprint density at radius 3 is 2.37 bits per heavy atom. The molecular weight excluding hydrogens is 390 g/mol. The van der Waals surface area contributed by atoms with Gasteiger partial charge in [0.2, 0.25) is 0 Å². The number of alkyl halides is 1. The van der Waals surface area contributed by atoms with Crippen LogP contribution in [0.3, 0.4) is 0 Å². The van der Waals surface area contributed by atoms with Crippen LogP contribution in [0.5, 0.6) is 0 Å². The number of nitroso groups, excluding NO2 is 1. The van der Waals surface area contributed by atoms with Crippen LogP contribution >= 0.6 is 11.6 Å². The summed E-state index contributed by atoms with van der Waals surface area (Å²) in [4.78, 5) is 11.4. The zero-order valence-corrected chi connectivity index (χ0v) is 21.0. The van der Waals surface area contributed by atoms with Crippen molar-refractivity contribution in [3.05, 3.63) is 4.91 Å². The van der Waals surface area contributed by atoms with E-state index in [0.717, 1.165) is 24.2 Å². The molecule has 4 fully saturated rings. The molecule has 0 N–H and O–H groups in total. The summed E-state index contributed by atoms with van der Waals surface area (Å²) in [6.45, 7) is 12.3. The summed E-state index contributed by atoms with van der Waals surface area (Å²) in [6.07, 6.45) is 15.4. The number of hydrogen-bond acceptors (Lipinski definition) is 2. The van der Waals surface area contributed by atoms with Gasteiger partial charge in [-0.3, -0.25) is 0 Å². The molecule has 0 aromatic carbocycles. The predicted molar refractivity (Wildman–Crippen MR) is 127 cm³/mol. The second-order valence-corrected chi connectivity index (χ2v) is 13.5. The first kappa shape index (κ1) is 23.1. The van der Waals surface area contributed by atoms with Gasteiger partial charge in [-0.05, 0) is 96.5 Å². The topological polar surface area (TPSA) is 29.4 Å². The average Bonchev–Trinajstić information content (AvgIpc) is 3.05. The minimum absolute atomic E-state index is 0.294. The van der Waals surface area contributed by atoms with E-state index in [1.165, 1.54) is 70.6 Å². The van der Waals surface area contributed by atoms with Crippen LogP contribution in [0.2, 0.25) is 0 Å². The van der Waals surface area contributed by atoms with Crippen LogP contribution in [0.4, 0.5) is 0 Å². The van der Waals surface area contributed by atoms with Crippen LogP contribution in [-0.4, -0.2) is 5.00 Å². The fourth-order valence-electron chi connectivity index (χ4n) is 9.35. The summed E-state index contributed by atoms with van der Waals surface area (Å²) in [5, 5.41) is 3.73. The maximum atomic E-state index is 12.2. The summed E-state index contributed by atoms with van der Waals surface area (Å²) in [7, 11) is 0. The van der Waals surface area contributed by atoms with Crippen molar-refractivity contribution in [1.29, 1.82) is 0 Å². The van der Waals surface area contributed by atoms with Gasteiger partial charge in [0.15, 0.2) is 5.00 Å². The third-order valence-electron chi connectivity index (χ3n) is 11.0. The van der Waals surface area contributed by atoms with Gasteiger partial charge < -0.3 is 0 Å². The first-order valence-electron chi connectivity index (χ1n) is 13.2. The number of halogens is 1. The molecule has 0 aromatic heterocycles. The van der Waals surface area contributed by atoms with Crippen molar-refractivity contribution in [2.75, 3.05) is 0 Å². The Kier molecular flexibility index (Phi) is 6.42. The Labute approximate surface area is 190 Å². The number of fused-ring (bicyclic) bond motifs is 5. The van der Waals surface area contributed by atoms with Gasteiger partial charge in [0, 0.05) is 5.92 Å². The lowest BCUT2D eigenvalue weighted by atomic mass is 9.43. The zero-order valence-electron chi connectivity index (χ0n) is 20.3. The Hall–Kier alpha value is -0.110. The van der Waals surface area contributed by atoms with E-state index >= 15 is 0 Å². The van der Waals surface area contributed by atoms with E-state index in [-0.39, 0.29) is 0 Å². The Morgan fingerprint density at radius 1 is 0.933 bits per heavy atom. The van der Waals surface area contributed by atoms with Gasteiger partial charge in [-0.15, -0.1) is 4.91 Å². The molecule has 0 spiro atoms. The quantitative estimate of drug-likeness (QED) is 0.232. The fraction of sp³-hybridized carbons (Fsp3) is 1.00. The first-order valence-corrected chi connectivity index (χ1v) is 13.6. The van der Waals surface area contributed by atoms with Crippen molar-refractivity contribution in [3.63, 3.8) is 0 Å². The minimum Gasteiger partial charge on any atom is -0.149 e. The number of hydrogen-bond donors (Lipinski definition) is 0. The lowest BCUT2D eigenvalue weighted by Gasteiger charge is -2.63. The molecule has 0 amide bonds. The van der Waals surface area contributed by atoms with Crippen molar-refractivity contribution in [3.8, 4) is 0 Å². The van der Waals surface area contributed by atoms with E-state index in [1.54, 1.807) is 0 Å². The van der Waals surface area contributed by atoms with E-state index in [1.807, 2.05) is 0 Å². The molecule has 4 saturated carbocycles. The monoisotopic (exact) mass is 435 g/mol. The Morgan fingerprint density at radius 2 is 1.67 bits per heavy atom. The predicted octanol–water partition coefficient (Wildman–Crippen LogP) is 8.81. The van der Waals surface area contributed by atoms with Crippen LogP contribution < -0.4 is 0 Å². The van der Waals surface area contributed by atoms with Crippen molar-refractivity contribution in [2.24, 2.45) is 57.4 Å². The third kappa shape index (κ3) is 3.60. The molecule has 0 bridgehead atoms. The smallest absolute Gasteiger partial charge is 0.149 e. The van der Waals surface area contributed by atoms with Gasteiger partial charge in [0.25, 0.3) is 0 Å². The van der Waals surface area contributed by atoms with Gasteiger partial charge in [-0.1, -0.05) is 78.3 Å². The van der Waals surface area contributed by atoms with E-state index in [0.29, 0.717) is 34.5 Å². The lowest BCUT2D eigenvalue weighted by molar-refractivity contribution is -0.131. The SMILES string of the molecule is CC(C)CCC[C@@H](C)C1CCC2C3C(CCC21C)C1(C)CCCC[C@@H]1C[C@]3(Cl)N=O. The number of nitrogens with zero attached hydrogens (tertiary/aromatic N) is 1.